The third kappa shape index (κ3) is 5.30. The molecule has 0 spiro atoms. The van der Waals surface area contributed by atoms with Crippen molar-refractivity contribution in [3.05, 3.63) is 54.1 Å². The number of unbranched alkanes of at least 4 members (excludes halogenated alkanes) is 1. The van der Waals surface area contributed by atoms with Crippen molar-refractivity contribution < 1.29 is 14.3 Å². The zero-order chi connectivity index (χ0) is 17.4. The molecule has 4 heteroatoms. The highest BCUT2D eigenvalue weighted by Crippen LogP contribution is 2.25. The molecule has 2 aromatic carbocycles. The first-order valence-electron chi connectivity index (χ1n) is 8.40. The Kier molecular flexibility index (Phi) is 6.67. The van der Waals surface area contributed by atoms with Crippen molar-refractivity contribution in [3.63, 3.8) is 0 Å². The van der Waals surface area contributed by atoms with Gasteiger partial charge in [0.2, 0.25) is 0 Å². The van der Waals surface area contributed by atoms with Crippen molar-refractivity contribution in [1.82, 2.24) is 0 Å². The molecule has 2 aromatic rings. The third-order valence-electron chi connectivity index (χ3n) is 3.38. The number of hydrogen-bond acceptors (Lipinski definition) is 3. The molecule has 0 radical (unpaired) electrons. The summed E-state index contributed by atoms with van der Waals surface area (Å²) >= 11 is 0. The van der Waals surface area contributed by atoms with Gasteiger partial charge >= 0.3 is 0 Å². The highest BCUT2D eigenvalue weighted by Gasteiger charge is 2.10. The second-order valence-corrected chi connectivity index (χ2v) is 5.84. The van der Waals surface area contributed by atoms with Gasteiger partial charge < -0.3 is 14.8 Å². The Hall–Kier alpha value is -2.49. The number of anilines is 1. The summed E-state index contributed by atoms with van der Waals surface area (Å²) in [6, 6.07) is 14.6. The molecule has 0 fully saturated rings. The number of nitrogens with one attached hydrogen (secondary N) is 1. The summed E-state index contributed by atoms with van der Waals surface area (Å²) in [5.74, 6) is 1.28. The van der Waals surface area contributed by atoms with Gasteiger partial charge in [0.1, 0.15) is 11.5 Å². The van der Waals surface area contributed by atoms with E-state index < -0.39 is 0 Å². The monoisotopic (exact) mass is 327 g/mol. The summed E-state index contributed by atoms with van der Waals surface area (Å²) < 4.78 is 11.3. The van der Waals surface area contributed by atoms with E-state index in [2.05, 4.69) is 12.2 Å². The van der Waals surface area contributed by atoms with Gasteiger partial charge in [-0.25, -0.2) is 0 Å². The van der Waals surface area contributed by atoms with Crippen LogP contribution in [0.15, 0.2) is 48.5 Å². The molecule has 1 N–H and O–H groups in total. The van der Waals surface area contributed by atoms with Crippen molar-refractivity contribution in [1.29, 1.82) is 0 Å². The summed E-state index contributed by atoms with van der Waals surface area (Å²) in [5.41, 5.74) is 1.25. The molecule has 2 rings (SSSR count). The fourth-order valence-corrected chi connectivity index (χ4v) is 2.16. The van der Waals surface area contributed by atoms with Gasteiger partial charge in [-0.1, -0.05) is 25.5 Å². The van der Waals surface area contributed by atoms with Crippen LogP contribution in [0.5, 0.6) is 11.5 Å². The topological polar surface area (TPSA) is 47.6 Å². The molecule has 0 unspecified atom stereocenters. The van der Waals surface area contributed by atoms with E-state index >= 15 is 0 Å². The highest BCUT2D eigenvalue weighted by molar-refractivity contribution is 6.05. The van der Waals surface area contributed by atoms with Crippen molar-refractivity contribution in [3.8, 4) is 11.5 Å². The summed E-state index contributed by atoms with van der Waals surface area (Å²) in [6.07, 6.45) is 2.16. The lowest BCUT2D eigenvalue weighted by Crippen LogP contribution is -2.14. The summed E-state index contributed by atoms with van der Waals surface area (Å²) in [5, 5.41) is 2.90. The van der Waals surface area contributed by atoms with Crippen LogP contribution in [0.2, 0.25) is 0 Å². The molecule has 0 aliphatic heterocycles. The second-order valence-electron chi connectivity index (χ2n) is 5.84. The molecule has 0 aromatic heterocycles. The van der Waals surface area contributed by atoms with Gasteiger partial charge in [-0.2, -0.15) is 0 Å². The van der Waals surface area contributed by atoms with Gasteiger partial charge in [0.25, 0.3) is 5.91 Å². The fraction of sp³-hybridized carbons (Fsp3) is 0.350. The highest BCUT2D eigenvalue weighted by atomic mass is 16.5. The Morgan fingerprint density at radius 1 is 1.08 bits per heavy atom. The van der Waals surface area contributed by atoms with E-state index in [0.717, 1.165) is 18.6 Å². The molecule has 128 valence electrons. The standard InChI is InChI=1S/C20H25NO3/c1-4-5-14-23-17-12-10-16(11-13-17)20(22)21-18-8-6-7-9-19(18)24-15(2)3/h6-13,15H,4-5,14H2,1-3H3,(H,21,22). The lowest BCUT2D eigenvalue weighted by Gasteiger charge is -2.15. The van der Waals surface area contributed by atoms with Gasteiger partial charge in [0.15, 0.2) is 0 Å². The van der Waals surface area contributed by atoms with Gasteiger partial charge in [-0.3, -0.25) is 4.79 Å². The van der Waals surface area contributed by atoms with Crippen LogP contribution in [-0.4, -0.2) is 18.6 Å². The largest absolute Gasteiger partial charge is 0.494 e. The summed E-state index contributed by atoms with van der Waals surface area (Å²) in [6.45, 7) is 6.73. The zero-order valence-corrected chi connectivity index (χ0v) is 14.5. The Balaban J connectivity index is 2.02. The molecule has 0 bridgehead atoms. The quantitative estimate of drug-likeness (QED) is 0.701. The van der Waals surface area contributed by atoms with E-state index in [0.29, 0.717) is 23.6 Å². The first-order valence-corrected chi connectivity index (χ1v) is 8.40. The van der Waals surface area contributed by atoms with Crippen LogP contribution in [0, 0.1) is 0 Å². The van der Waals surface area contributed by atoms with Gasteiger partial charge in [-0.15, -0.1) is 0 Å². The number of hydrogen-bond donors (Lipinski definition) is 1. The van der Waals surface area contributed by atoms with Crippen LogP contribution >= 0.6 is 0 Å². The molecular weight excluding hydrogens is 302 g/mol. The molecule has 0 heterocycles. The van der Waals surface area contributed by atoms with E-state index in [4.69, 9.17) is 9.47 Å². The summed E-state index contributed by atoms with van der Waals surface area (Å²) in [7, 11) is 0. The second kappa shape index (κ2) is 8.96. The lowest BCUT2D eigenvalue weighted by atomic mass is 10.2. The number of ether oxygens (including phenoxy) is 2. The van der Waals surface area contributed by atoms with Crippen molar-refractivity contribution >= 4 is 11.6 Å². The minimum atomic E-state index is -0.171. The Bertz CT molecular complexity index is 650. The molecule has 1 amide bonds. The van der Waals surface area contributed by atoms with Gasteiger partial charge in [0.05, 0.1) is 18.4 Å². The Labute approximate surface area is 143 Å². The molecule has 4 nitrogen and oxygen atoms in total. The first kappa shape index (κ1) is 17.9. The molecule has 0 atom stereocenters. The number of benzene rings is 2. The maximum absolute atomic E-state index is 12.4. The number of amides is 1. The first-order chi connectivity index (χ1) is 11.6. The van der Waals surface area contributed by atoms with E-state index in [1.54, 1.807) is 12.1 Å². The van der Waals surface area contributed by atoms with Crippen LogP contribution in [0.1, 0.15) is 44.0 Å². The molecule has 0 aliphatic rings. The number of carbonyl (C=O) groups excluding carboxylic acids is 1. The SMILES string of the molecule is CCCCOc1ccc(C(=O)Nc2ccccc2OC(C)C)cc1. The van der Waals surface area contributed by atoms with Crippen molar-refractivity contribution in [2.75, 3.05) is 11.9 Å². The smallest absolute Gasteiger partial charge is 0.255 e. The fourth-order valence-electron chi connectivity index (χ4n) is 2.16. The van der Waals surface area contributed by atoms with E-state index in [1.165, 1.54) is 0 Å². The molecule has 0 aliphatic carbocycles. The van der Waals surface area contributed by atoms with Gasteiger partial charge in [-0.05, 0) is 56.7 Å². The van der Waals surface area contributed by atoms with E-state index in [9.17, 15) is 4.79 Å². The maximum Gasteiger partial charge on any atom is 0.255 e. The van der Waals surface area contributed by atoms with Crippen LogP contribution in [0.3, 0.4) is 0 Å². The average Bonchev–Trinajstić information content (AvgIpc) is 2.57. The minimum Gasteiger partial charge on any atom is -0.494 e. The zero-order valence-electron chi connectivity index (χ0n) is 14.5. The minimum absolute atomic E-state index is 0.0441. The Morgan fingerprint density at radius 2 is 1.79 bits per heavy atom. The van der Waals surface area contributed by atoms with Crippen LogP contribution in [0.25, 0.3) is 0 Å². The number of carbonyl (C=O) groups is 1. The molecule has 0 saturated carbocycles. The molecule has 0 saturated heterocycles. The van der Waals surface area contributed by atoms with E-state index in [1.807, 2.05) is 50.2 Å². The normalized spacial score (nSPS) is 10.5. The van der Waals surface area contributed by atoms with Crippen LogP contribution in [-0.2, 0) is 0 Å². The van der Waals surface area contributed by atoms with Crippen LogP contribution < -0.4 is 14.8 Å². The average molecular weight is 327 g/mol. The van der Waals surface area contributed by atoms with E-state index in [-0.39, 0.29) is 12.0 Å². The Morgan fingerprint density at radius 3 is 2.46 bits per heavy atom. The van der Waals surface area contributed by atoms with Crippen molar-refractivity contribution in [2.24, 2.45) is 0 Å². The molecule has 24 heavy (non-hydrogen) atoms. The predicted molar refractivity (Wildman–Crippen MR) is 97.0 cm³/mol. The van der Waals surface area contributed by atoms with Crippen molar-refractivity contribution in [2.45, 2.75) is 39.7 Å². The third-order valence-corrected chi connectivity index (χ3v) is 3.38. The number of para-hydroxylation sites is 2. The lowest BCUT2D eigenvalue weighted by molar-refractivity contribution is 0.102. The number of rotatable bonds is 8. The summed E-state index contributed by atoms with van der Waals surface area (Å²) in [4.78, 5) is 12.4. The van der Waals surface area contributed by atoms with Gasteiger partial charge in [0, 0.05) is 5.56 Å². The molecular formula is C20H25NO3. The van der Waals surface area contributed by atoms with Crippen LogP contribution in [0.4, 0.5) is 5.69 Å². The predicted octanol–water partition coefficient (Wildman–Crippen LogP) is 4.91. The maximum atomic E-state index is 12.4.